The van der Waals surface area contributed by atoms with Crippen molar-refractivity contribution in [2.75, 3.05) is 20.2 Å². The maximum absolute atomic E-state index is 14.0. The lowest BCUT2D eigenvalue weighted by molar-refractivity contribution is -0.137. The van der Waals surface area contributed by atoms with Gasteiger partial charge in [-0.3, -0.25) is 9.48 Å². The highest BCUT2D eigenvalue weighted by Gasteiger charge is 2.55. The fourth-order valence-electron chi connectivity index (χ4n) is 4.97. The Kier molecular flexibility index (Phi) is 5.03. The second-order valence-corrected chi connectivity index (χ2v) is 8.80. The van der Waals surface area contributed by atoms with E-state index in [1.54, 1.807) is 0 Å². The third kappa shape index (κ3) is 3.55. The number of hydrogen-bond acceptors (Lipinski definition) is 5. The Bertz CT molecular complexity index is 1260. The molecule has 0 atom stereocenters. The predicted octanol–water partition coefficient (Wildman–Crippen LogP) is 4.29. The number of rotatable bonds is 4. The van der Waals surface area contributed by atoms with Gasteiger partial charge in [-0.25, -0.2) is 9.37 Å². The van der Waals surface area contributed by atoms with Crippen molar-refractivity contribution in [3.05, 3.63) is 59.7 Å². The van der Waals surface area contributed by atoms with Crippen LogP contribution in [-0.4, -0.2) is 50.9 Å². The molecule has 0 bridgehead atoms. The van der Waals surface area contributed by atoms with Crippen LogP contribution in [-0.2, 0) is 6.18 Å². The van der Waals surface area contributed by atoms with Crippen LogP contribution in [0.15, 0.2) is 42.7 Å². The first kappa shape index (κ1) is 22.2. The number of phenolic OH excluding ortho intramolecular Hbond substituents is 1. The van der Waals surface area contributed by atoms with Gasteiger partial charge in [0.2, 0.25) is 5.88 Å². The van der Waals surface area contributed by atoms with Gasteiger partial charge in [-0.2, -0.15) is 18.3 Å². The van der Waals surface area contributed by atoms with Gasteiger partial charge in [0.1, 0.15) is 17.1 Å². The standard InChI is InChI=1S/C23H20F4N4O3/c1-34-20-15(3-2-6-28-20)19-17(23(25,26)27)10-29-31(19)13-8-22(9-13)11-30(12-22)21(33)16-7-14(32)4-5-18(16)24/h2-7,10,13,32H,8-9,11-12H2,1H3. The number of benzene rings is 1. The van der Waals surface area contributed by atoms with Gasteiger partial charge >= 0.3 is 6.18 Å². The van der Waals surface area contributed by atoms with Gasteiger partial charge in [0, 0.05) is 24.7 Å². The number of ether oxygens (including phenoxy) is 1. The number of hydrogen-bond donors (Lipinski definition) is 1. The number of carbonyl (C=O) groups excluding carboxylic acids is 1. The number of pyridine rings is 1. The van der Waals surface area contributed by atoms with Crippen molar-refractivity contribution in [2.45, 2.75) is 25.1 Å². The van der Waals surface area contributed by atoms with E-state index in [0.29, 0.717) is 25.9 Å². The van der Waals surface area contributed by atoms with Crippen LogP contribution < -0.4 is 4.74 Å². The van der Waals surface area contributed by atoms with Crippen molar-refractivity contribution >= 4 is 5.91 Å². The van der Waals surface area contributed by atoms with Gasteiger partial charge in [-0.1, -0.05) is 0 Å². The third-order valence-electron chi connectivity index (χ3n) is 6.52. The van der Waals surface area contributed by atoms with Gasteiger partial charge in [-0.15, -0.1) is 0 Å². The lowest BCUT2D eigenvalue weighted by atomic mass is 9.60. The molecular weight excluding hydrogens is 456 g/mol. The van der Waals surface area contributed by atoms with Crippen LogP contribution >= 0.6 is 0 Å². The first-order valence-corrected chi connectivity index (χ1v) is 10.5. The fourth-order valence-corrected chi connectivity index (χ4v) is 4.97. The largest absolute Gasteiger partial charge is 0.508 e. The van der Waals surface area contributed by atoms with E-state index >= 15 is 0 Å². The van der Waals surface area contributed by atoms with E-state index in [0.717, 1.165) is 24.4 Å². The SMILES string of the molecule is COc1ncccc1-c1c(C(F)(F)F)cnn1C1CC2(C1)CN(C(=O)c1cc(O)ccc1F)C2. The molecule has 1 amide bonds. The summed E-state index contributed by atoms with van der Waals surface area (Å²) in [7, 11) is 1.34. The molecule has 0 radical (unpaired) electrons. The number of aromatic hydroxyl groups is 1. The molecule has 3 heterocycles. The Morgan fingerprint density at radius 3 is 2.65 bits per heavy atom. The van der Waals surface area contributed by atoms with Crippen molar-refractivity contribution in [2.24, 2.45) is 5.41 Å². The van der Waals surface area contributed by atoms with Crippen LogP contribution in [0.4, 0.5) is 17.6 Å². The molecule has 1 spiro atoms. The van der Waals surface area contributed by atoms with Crippen molar-refractivity contribution in [3.8, 4) is 22.9 Å². The fraction of sp³-hybridized carbons (Fsp3) is 0.348. The maximum Gasteiger partial charge on any atom is 0.420 e. The Morgan fingerprint density at radius 1 is 1.24 bits per heavy atom. The second-order valence-electron chi connectivity index (χ2n) is 8.80. The van der Waals surface area contributed by atoms with Crippen LogP contribution in [0, 0.1) is 11.2 Å². The zero-order chi connectivity index (χ0) is 24.3. The molecule has 1 aliphatic heterocycles. The van der Waals surface area contributed by atoms with Crippen molar-refractivity contribution in [1.29, 1.82) is 0 Å². The summed E-state index contributed by atoms with van der Waals surface area (Å²) in [6, 6.07) is 6.02. The van der Waals surface area contributed by atoms with Gasteiger partial charge in [0.25, 0.3) is 5.91 Å². The third-order valence-corrected chi connectivity index (χ3v) is 6.52. The highest BCUT2D eigenvalue weighted by Crippen LogP contribution is 2.56. The Morgan fingerprint density at radius 2 is 1.97 bits per heavy atom. The molecule has 1 saturated carbocycles. The summed E-state index contributed by atoms with van der Waals surface area (Å²) in [5.41, 5.74) is -1.25. The Balaban J connectivity index is 1.36. The van der Waals surface area contributed by atoms with E-state index in [4.69, 9.17) is 4.74 Å². The zero-order valence-electron chi connectivity index (χ0n) is 18.0. The highest BCUT2D eigenvalue weighted by molar-refractivity contribution is 5.95. The molecule has 34 heavy (non-hydrogen) atoms. The summed E-state index contributed by atoms with van der Waals surface area (Å²) in [6.45, 7) is 0.715. The van der Waals surface area contributed by atoms with Gasteiger partial charge in [-0.05, 0) is 43.2 Å². The van der Waals surface area contributed by atoms with Crippen LogP contribution in [0.5, 0.6) is 11.6 Å². The average Bonchev–Trinajstić information content (AvgIpc) is 3.18. The minimum Gasteiger partial charge on any atom is -0.508 e. The normalized spacial score (nSPS) is 17.4. The second kappa shape index (κ2) is 7.71. The van der Waals surface area contributed by atoms with Crippen molar-refractivity contribution in [1.82, 2.24) is 19.7 Å². The van der Waals surface area contributed by atoms with Gasteiger partial charge < -0.3 is 14.7 Å². The Labute approximate surface area is 191 Å². The molecule has 1 aromatic carbocycles. The molecule has 2 aliphatic rings. The molecule has 0 unspecified atom stereocenters. The summed E-state index contributed by atoms with van der Waals surface area (Å²) in [5.74, 6) is -1.39. The number of phenols is 1. The summed E-state index contributed by atoms with van der Waals surface area (Å²) in [5, 5.41) is 13.6. The summed E-state index contributed by atoms with van der Waals surface area (Å²) >= 11 is 0. The summed E-state index contributed by atoms with van der Waals surface area (Å²) < 4.78 is 61.8. The number of carbonyl (C=O) groups is 1. The number of alkyl halides is 3. The monoisotopic (exact) mass is 476 g/mol. The van der Waals surface area contributed by atoms with E-state index in [2.05, 4.69) is 10.1 Å². The van der Waals surface area contributed by atoms with Crippen LogP contribution in [0.2, 0.25) is 0 Å². The average molecular weight is 476 g/mol. The molecule has 2 aromatic heterocycles. The topological polar surface area (TPSA) is 80.5 Å². The maximum atomic E-state index is 14.0. The molecule has 11 heteroatoms. The lowest BCUT2D eigenvalue weighted by Crippen LogP contribution is -2.64. The van der Waals surface area contributed by atoms with E-state index in [9.17, 15) is 27.5 Å². The minimum absolute atomic E-state index is 0.0670. The van der Waals surface area contributed by atoms with Crippen LogP contribution in [0.1, 0.15) is 34.8 Å². The molecule has 178 valence electrons. The molecule has 1 aliphatic carbocycles. The quantitative estimate of drug-likeness (QED) is 0.569. The van der Waals surface area contributed by atoms with E-state index < -0.39 is 23.5 Å². The number of likely N-dealkylation sites (tertiary alicyclic amines) is 1. The molecule has 3 aromatic rings. The minimum atomic E-state index is -4.61. The molecule has 1 N–H and O–H groups in total. The number of amides is 1. The smallest absolute Gasteiger partial charge is 0.420 e. The molecule has 1 saturated heterocycles. The van der Waals surface area contributed by atoms with Gasteiger partial charge in [0.15, 0.2) is 0 Å². The molecular formula is C23H20F4N4O3. The van der Waals surface area contributed by atoms with Crippen LogP contribution in [0.25, 0.3) is 11.3 Å². The van der Waals surface area contributed by atoms with E-state index in [1.807, 2.05) is 0 Å². The van der Waals surface area contributed by atoms with Crippen molar-refractivity contribution in [3.63, 3.8) is 0 Å². The summed E-state index contributed by atoms with van der Waals surface area (Å²) in [6.07, 6.45) is -1.32. The highest BCUT2D eigenvalue weighted by atomic mass is 19.4. The molecule has 5 rings (SSSR count). The van der Waals surface area contributed by atoms with E-state index in [1.165, 1.54) is 35.0 Å². The van der Waals surface area contributed by atoms with Gasteiger partial charge in [0.05, 0.1) is 36.2 Å². The predicted molar refractivity (Wildman–Crippen MR) is 112 cm³/mol. The first-order chi connectivity index (χ1) is 16.1. The van der Waals surface area contributed by atoms with E-state index in [-0.39, 0.29) is 39.9 Å². The lowest BCUT2D eigenvalue weighted by Gasteiger charge is -2.59. The van der Waals surface area contributed by atoms with Crippen molar-refractivity contribution < 1.29 is 32.2 Å². The zero-order valence-corrected chi connectivity index (χ0v) is 18.0. The molecule has 2 fully saturated rings. The Hall–Kier alpha value is -3.63. The van der Waals surface area contributed by atoms with Crippen LogP contribution in [0.3, 0.4) is 0 Å². The molecule has 7 nitrogen and oxygen atoms in total. The number of nitrogens with zero attached hydrogens (tertiary/aromatic N) is 4. The number of methoxy groups -OCH3 is 1. The number of aromatic nitrogens is 3. The number of halogens is 4. The summed E-state index contributed by atoms with van der Waals surface area (Å²) in [4.78, 5) is 18.1. The first-order valence-electron chi connectivity index (χ1n) is 10.5.